The summed E-state index contributed by atoms with van der Waals surface area (Å²) in [6.07, 6.45) is 14.7. The summed E-state index contributed by atoms with van der Waals surface area (Å²) in [4.78, 5) is 49.7. The van der Waals surface area contributed by atoms with Gasteiger partial charge in [-0.1, -0.05) is 54.4 Å². The molecule has 10 nitrogen and oxygen atoms in total. The van der Waals surface area contributed by atoms with Crippen LogP contribution in [-0.4, -0.2) is 35.5 Å². The predicted molar refractivity (Wildman–Crippen MR) is 159 cm³/mol. The van der Waals surface area contributed by atoms with E-state index in [1.807, 2.05) is 12.2 Å². The summed E-state index contributed by atoms with van der Waals surface area (Å²) in [5, 5.41) is 12.3. The monoisotopic (exact) mass is 818 g/mol. The first-order valence-electron chi connectivity index (χ1n) is 14.4. The molecule has 0 spiro atoms. The minimum atomic E-state index is -2.51. The Morgan fingerprint density at radius 1 is 0.698 bits per heavy atom. The van der Waals surface area contributed by atoms with E-state index in [0.717, 1.165) is 36.8 Å². The van der Waals surface area contributed by atoms with Gasteiger partial charge in [0.15, 0.2) is 0 Å². The molecule has 3 rings (SSSR count). The Morgan fingerprint density at radius 3 is 1.30 bits per heavy atom. The maximum absolute atomic E-state index is 13.1. The minimum absolute atomic E-state index is 0.0302. The molecule has 1 saturated carbocycles. The molecule has 43 heavy (non-hydrogen) atoms. The van der Waals surface area contributed by atoms with E-state index in [1.54, 1.807) is 24.6 Å². The molecule has 0 aromatic carbocycles. The molecule has 3 aliphatic rings. The zero-order valence-corrected chi connectivity index (χ0v) is 30.6. The first kappa shape index (κ1) is 36.2. The molecule has 2 amide bonds. The molecule has 0 unspecified atom stereocenters. The van der Waals surface area contributed by atoms with Crippen LogP contribution < -0.4 is 21.3 Å². The number of carbonyl (C=O) groups is 4. The Morgan fingerprint density at radius 2 is 1.02 bits per heavy atom. The van der Waals surface area contributed by atoms with E-state index in [9.17, 15) is 19.2 Å². The Hall–Kier alpha value is -3.03. The number of nitrogens with one attached hydrogen (secondary N) is 4. The quantitative estimate of drug-likeness (QED) is 0.292. The van der Waals surface area contributed by atoms with Crippen molar-refractivity contribution >= 4 is 23.4 Å². The van der Waals surface area contributed by atoms with E-state index in [0.29, 0.717) is 11.1 Å². The van der Waals surface area contributed by atoms with Crippen molar-refractivity contribution in [2.45, 2.75) is 93.2 Å². The molecule has 11 heteroatoms. The van der Waals surface area contributed by atoms with Gasteiger partial charge in [0.1, 0.15) is 0 Å². The Kier molecular flexibility index (Phi) is 13.1. The van der Waals surface area contributed by atoms with Crippen LogP contribution in [0.4, 0.5) is 0 Å². The van der Waals surface area contributed by atoms with Crippen LogP contribution in [0.3, 0.4) is 0 Å². The second kappa shape index (κ2) is 15.6. The summed E-state index contributed by atoms with van der Waals surface area (Å²) < 4.78 is 17.2. The van der Waals surface area contributed by atoms with Crippen molar-refractivity contribution in [1.82, 2.24) is 21.3 Å². The van der Waals surface area contributed by atoms with Crippen molar-refractivity contribution in [2.75, 3.05) is 0 Å². The van der Waals surface area contributed by atoms with Crippen molar-refractivity contribution < 1.29 is 51.5 Å². The second-order valence-corrected chi connectivity index (χ2v) is 13.6. The van der Waals surface area contributed by atoms with E-state index in [4.69, 9.17) is 4.47 Å². The van der Waals surface area contributed by atoms with Gasteiger partial charge in [0.25, 0.3) is 0 Å². The van der Waals surface area contributed by atoms with Gasteiger partial charge < -0.3 is 21.3 Å². The van der Waals surface area contributed by atoms with E-state index in [1.165, 1.54) is 13.8 Å². The van der Waals surface area contributed by atoms with E-state index in [-0.39, 0.29) is 57.7 Å². The van der Waals surface area contributed by atoms with Gasteiger partial charge in [-0.05, 0) is 59.1 Å². The number of ketones is 2. The number of carbonyl (C=O) groups excluding carboxylic acids is 4. The van der Waals surface area contributed by atoms with Crippen molar-refractivity contribution in [1.29, 1.82) is 0 Å². The van der Waals surface area contributed by atoms with Crippen molar-refractivity contribution in [3.63, 3.8) is 0 Å². The second-order valence-electron chi connectivity index (χ2n) is 12.9. The fraction of sp³-hybridized carbons (Fsp3) is 0.500. The number of Topliss-reactive ketones (excluding diaryl/α,β-unsaturated/α-hetero) is 2. The Labute approximate surface area is 269 Å². The molecule has 2 atom stereocenters. The van der Waals surface area contributed by atoms with E-state index < -0.39 is 27.8 Å². The van der Waals surface area contributed by atoms with Crippen LogP contribution in [0, 0.1) is 38.6 Å². The SMILES string of the molecule is CC(=O)NC1=CC(C(C)(C)C)=C/C(=C/N[C@H]2CCCC[C@H]2N/C=C2/C=C(C(C)(C)C)C=C(NC(C)=O)C2=O)C1=O.[O]=[U]=[O]. The van der Waals surface area contributed by atoms with Gasteiger partial charge in [-0.15, -0.1) is 0 Å². The van der Waals surface area contributed by atoms with E-state index in [2.05, 4.69) is 62.8 Å². The van der Waals surface area contributed by atoms with Crippen LogP contribution in [0.15, 0.2) is 70.4 Å². The maximum atomic E-state index is 13.1. The van der Waals surface area contributed by atoms with Crippen LogP contribution in [0.2, 0.25) is 0 Å². The Bertz CT molecular complexity index is 1260. The van der Waals surface area contributed by atoms with Crippen LogP contribution in [0.1, 0.15) is 81.1 Å². The predicted octanol–water partition coefficient (Wildman–Crippen LogP) is 4.16. The van der Waals surface area contributed by atoms with Gasteiger partial charge in [-0.25, -0.2) is 0 Å². The van der Waals surface area contributed by atoms with Gasteiger partial charge in [0, 0.05) is 49.5 Å². The zero-order valence-electron chi connectivity index (χ0n) is 26.4. The van der Waals surface area contributed by atoms with Crippen LogP contribution in [0.25, 0.3) is 0 Å². The average Bonchev–Trinajstić information content (AvgIpc) is 2.88. The number of rotatable bonds is 6. The third kappa shape index (κ3) is 10.9. The fourth-order valence-electron chi connectivity index (χ4n) is 4.87. The molecule has 0 aromatic rings. The standard InChI is InChI=1S/C32H44N4O4.2O.U/c1-19(37)35-27-15-23(31(3,4)5)13-21(29(27)39)17-33-25-11-9-10-12-26(25)34-18-22-14-24(32(6,7)8)16-28(30(22)40)36-20(2)38;;;/h13-18,25-26,33-34H,9-12H2,1-8H3,(H,35,37)(H,36,38);;;/b21-17-,22-18-;;;/t25-,26+;;;. The molecule has 4 N–H and O–H groups in total. The van der Waals surface area contributed by atoms with Gasteiger partial charge >= 0.3 is 32.3 Å². The summed E-state index contributed by atoms with van der Waals surface area (Å²) in [5.74, 6) is -1.04. The molecule has 0 bridgehead atoms. The topological polar surface area (TPSA) is 151 Å². The van der Waals surface area contributed by atoms with E-state index >= 15 is 0 Å². The number of hydrogen-bond acceptors (Lipinski definition) is 8. The number of hydrogen-bond donors (Lipinski definition) is 4. The van der Waals surface area contributed by atoms with Crippen LogP contribution >= 0.6 is 0 Å². The summed E-state index contributed by atoms with van der Waals surface area (Å²) in [6, 6.07) is 0.0604. The molecule has 0 radical (unpaired) electrons. The first-order valence-corrected chi connectivity index (χ1v) is 17.8. The normalized spacial score (nSPS) is 22.6. The molecule has 0 saturated heterocycles. The molecule has 0 aliphatic heterocycles. The summed E-state index contributed by atoms with van der Waals surface area (Å²) in [7, 11) is 0. The molecular formula is C32H44N4O6U. The average molecular weight is 819 g/mol. The molecule has 1 fully saturated rings. The molecule has 0 aromatic heterocycles. The number of allylic oxidation sites excluding steroid dienone is 8. The van der Waals surface area contributed by atoms with Crippen molar-refractivity contribution in [3.8, 4) is 0 Å². The van der Waals surface area contributed by atoms with Gasteiger partial charge in [-0.3, -0.25) is 19.2 Å². The van der Waals surface area contributed by atoms with Crippen LogP contribution in [-0.2, 0) is 23.6 Å². The van der Waals surface area contributed by atoms with Gasteiger partial charge in [0.2, 0.25) is 23.4 Å². The summed E-state index contributed by atoms with van der Waals surface area (Å²) in [5.41, 5.74) is 3.02. The van der Waals surface area contributed by atoms with Gasteiger partial charge in [0.05, 0.1) is 11.4 Å². The summed E-state index contributed by atoms with van der Waals surface area (Å²) >= 11 is -2.51. The number of amides is 2. The zero-order chi connectivity index (χ0) is 32.5. The van der Waals surface area contributed by atoms with Crippen LogP contribution in [0.5, 0.6) is 0 Å². The third-order valence-corrected chi connectivity index (χ3v) is 7.26. The van der Waals surface area contributed by atoms with Crippen molar-refractivity contribution in [3.05, 3.63) is 70.4 Å². The molecular weight excluding hydrogens is 774 g/mol. The summed E-state index contributed by atoms with van der Waals surface area (Å²) in [6.45, 7) is 15.2. The molecule has 3 aliphatic carbocycles. The Balaban J connectivity index is 0.00000206. The van der Waals surface area contributed by atoms with Gasteiger partial charge in [-0.2, -0.15) is 0 Å². The fourth-order valence-corrected chi connectivity index (χ4v) is 4.87. The third-order valence-electron chi connectivity index (χ3n) is 7.26. The van der Waals surface area contributed by atoms with Crippen molar-refractivity contribution in [2.24, 2.45) is 10.8 Å². The first-order chi connectivity index (χ1) is 20.0. The molecule has 0 heterocycles. The molecule has 232 valence electrons.